The number of likely N-dealkylation sites (tertiary alicyclic amines) is 1. The lowest BCUT2D eigenvalue weighted by molar-refractivity contribution is -0.137. The first-order valence-electron chi connectivity index (χ1n) is 10.9. The maximum atomic E-state index is 12.8. The van der Waals surface area contributed by atoms with Gasteiger partial charge in [-0.2, -0.15) is 0 Å². The van der Waals surface area contributed by atoms with Crippen molar-refractivity contribution in [1.29, 1.82) is 0 Å². The largest absolute Gasteiger partial charge is 0.353 e. The zero-order valence-electron chi connectivity index (χ0n) is 16.5. The predicted octanol–water partition coefficient (Wildman–Crippen LogP) is 2.84. The third-order valence-electron chi connectivity index (χ3n) is 6.86. The van der Waals surface area contributed by atoms with E-state index < -0.39 is 0 Å². The standard InChI is InChI=1S/C21H37N3O2/c1-22-18-11-13-24(14-12-18)21(26)17-7-9-19(10-8-17)23-20(25)15-16-5-3-2-4-6-16/h16-19,22H,2-15H2,1H3,(H,23,25). The van der Waals surface area contributed by atoms with Crippen LogP contribution in [-0.2, 0) is 9.59 Å². The molecule has 2 amide bonds. The van der Waals surface area contributed by atoms with Gasteiger partial charge < -0.3 is 15.5 Å². The second-order valence-corrected chi connectivity index (χ2v) is 8.71. The smallest absolute Gasteiger partial charge is 0.225 e. The highest BCUT2D eigenvalue weighted by atomic mass is 16.2. The van der Waals surface area contributed by atoms with E-state index in [0.717, 1.165) is 51.6 Å². The lowest BCUT2D eigenvalue weighted by Gasteiger charge is -2.36. The molecular weight excluding hydrogens is 326 g/mol. The molecule has 148 valence electrons. The molecule has 26 heavy (non-hydrogen) atoms. The molecule has 0 bridgehead atoms. The highest BCUT2D eigenvalue weighted by molar-refractivity contribution is 5.79. The van der Waals surface area contributed by atoms with Gasteiger partial charge in [0.05, 0.1) is 0 Å². The van der Waals surface area contributed by atoms with Crippen LogP contribution in [0.15, 0.2) is 0 Å². The van der Waals surface area contributed by atoms with Gasteiger partial charge in [0.1, 0.15) is 0 Å². The van der Waals surface area contributed by atoms with E-state index in [0.29, 0.717) is 24.3 Å². The molecule has 0 unspecified atom stereocenters. The number of carbonyl (C=O) groups excluding carboxylic acids is 2. The van der Waals surface area contributed by atoms with Crippen molar-refractivity contribution in [3.8, 4) is 0 Å². The Labute approximate surface area is 158 Å². The zero-order valence-corrected chi connectivity index (χ0v) is 16.5. The minimum absolute atomic E-state index is 0.174. The summed E-state index contributed by atoms with van der Waals surface area (Å²) < 4.78 is 0. The average molecular weight is 364 g/mol. The van der Waals surface area contributed by atoms with E-state index in [1.165, 1.54) is 32.1 Å². The van der Waals surface area contributed by atoms with Gasteiger partial charge >= 0.3 is 0 Å². The molecule has 2 N–H and O–H groups in total. The summed E-state index contributed by atoms with van der Waals surface area (Å²) in [5.74, 6) is 1.36. The van der Waals surface area contributed by atoms with Crippen molar-refractivity contribution in [2.75, 3.05) is 20.1 Å². The number of nitrogens with one attached hydrogen (secondary N) is 2. The first-order valence-corrected chi connectivity index (χ1v) is 10.9. The van der Waals surface area contributed by atoms with Crippen LogP contribution < -0.4 is 10.6 Å². The zero-order chi connectivity index (χ0) is 18.4. The molecule has 0 spiro atoms. The fraction of sp³-hybridized carbons (Fsp3) is 0.905. The van der Waals surface area contributed by atoms with Crippen molar-refractivity contribution in [2.45, 2.75) is 89.1 Å². The van der Waals surface area contributed by atoms with E-state index in [4.69, 9.17) is 0 Å². The number of rotatable bonds is 5. The molecule has 2 aliphatic carbocycles. The van der Waals surface area contributed by atoms with Gasteiger partial charge in [-0.05, 0) is 64.3 Å². The number of carbonyl (C=O) groups is 2. The predicted molar refractivity (Wildman–Crippen MR) is 104 cm³/mol. The van der Waals surface area contributed by atoms with Crippen molar-refractivity contribution < 1.29 is 9.59 Å². The monoisotopic (exact) mass is 363 g/mol. The number of hydrogen-bond donors (Lipinski definition) is 2. The van der Waals surface area contributed by atoms with Gasteiger partial charge in [-0.15, -0.1) is 0 Å². The van der Waals surface area contributed by atoms with Crippen molar-refractivity contribution in [3.05, 3.63) is 0 Å². The summed E-state index contributed by atoms with van der Waals surface area (Å²) in [5.41, 5.74) is 0. The van der Waals surface area contributed by atoms with Gasteiger partial charge in [0.2, 0.25) is 11.8 Å². The van der Waals surface area contributed by atoms with E-state index >= 15 is 0 Å². The molecule has 2 saturated carbocycles. The van der Waals surface area contributed by atoms with Crippen molar-refractivity contribution in [3.63, 3.8) is 0 Å². The van der Waals surface area contributed by atoms with Crippen molar-refractivity contribution in [1.82, 2.24) is 15.5 Å². The molecule has 0 aromatic carbocycles. The van der Waals surface area contributed by atoms with Crippen LogP contribution >= 0.6 is 0 Å². The van der Waals surface area contributed by atoms with Crippen LogP contribution in [-0.4, -0.2) is 48.9 Å². The SMILES string of the molecule is CNC1CCN(C(=O)C2CCC(NC(=O)CC3CCCCC3)CC2)CC1. The first-order chi connectivity index (χ1) is 12.7. The third-order valence-corrected chi connectivity index (χ3v) is 6.86. The van der Waals surface area contributed by atoms with Crippen LogP contribution in [0.1, 0.15) is 77.0 Å². The fourth-order valence-corrected chi connectivity index (χ4v) is 5.07. The molecule has 5 nitrogen and oxygen atoms in total. The van der Waals surface area contributed by atoms with Crippen LogP contribution in [0.2, 0.25) is 0 Å². The number of nitrogens with zero attached hydrogens (tertiary/aromatic N) is 1. The summed E-state index contributed by atoms with van der Waals surface area (Å²) in [5, 5.41) is 6.56. The Hall–Kier alpha value is -1.10. The number of piperidine rings is 1. The van der Waals surface area contributed by atoms with Crippen molar-refractivity contribution in [2.24, 2.45) is 11.8 Å². The maximum Gasteiger partial charge on any atom is 0.225 e. The Bertz CT molecular complexity index is 460. The Morgan fingerprint density at radius 2 is 1.50 bits per heavy atom. The fourth-order valence-electron chi connectivity index (χ4n) is 5.07. The molecular formula is C21H37N3O2. The summed E-state index contributed by atoms with van der Waals surface area (Å²) in [6, 6.07) is 0.847. The van der Waals surface area contributed by atoms with E-state index in [-0.39, 0.29) is 17.9 Å². The van der Waals surface area contributed by atoms with Crippen LogP contribution in [0.5, 0.6) is 0 Å². The molecule has 0 radical (unpaired) electrons. The van der Waals surface area contributed by atoms with E-state index in [1.807, 2.05) is 7.05 Å². The highest BCUT2D eigenvalue weighted by Crippen LogP contribution is 2.29. The molecule has 5 heteroatoms. The van der Waals surface area contributed by atoms with Gasteiger partial charge in [0.15, 0.2) is 0 Å². The van der Waals surface area contributed by atoms with Crippen LogP contribution in [0.4, 0.5) is 0 Å². The Morgan fingerprint density at radius 1 is 0.846 bits per heavy atom. The summed E-state index contributed by atoms with van der Waals surface area (Å²) in [6.07, 6.45) is 13.0. The molecule has 0 aromatic rings. The van der Waals surface area contributed by atoms with Crippen LogP contribution in [0.25, 0.3) is 0 Å². The molecule has 3 aliphatic rings. The summed E-state index contributed by atoms with van der Waals surface area (Å²) >= 11 is 0. The van der Waals surface area contributed by atoms with E-state index in [9.17, 15) is 9.59 Å². The van der Waals surface area contributed by atoms with E-state index in [1.54, 1.807) is 0 Å². The quantitative estimate of drug-likeness (QED) is 0.789. The van der Waals surface area contributed by atoms with Gasteiger partial charge in [0.25, 0.3) is 0 Å². The van der Waals surface area contributed by atoms with Crippen LogP contribution in [0, 0.1) is 11.8 Å². The molecule has 1 aliphatic heterocycles. The minimum Gasteiger partial charge on any atom is -0.353 e. The molecule has 3 rings (SSSR count). The molecule has 0 atom stereocenters. The lowest BCUT2D eigenvalue weighted by atomic mass is 9.84. The average Bonchev–Trinajstić information content (AvgIpc) is 2.69. The van der Waals surface area contributed by atoms with Gasteiger partial charge in [-0.1, -0.05) is 19.3 Å². The lowest BCUT2D eigenvalue weighted by Crippen LogP contribution is -2.47. The Kier molecular flexibility index (Phi) is 7.35. The second-order valence-electron chi connectivity index (χ2n) is 8.71. The molecule has 1 heterocycles. The highest BCUT2D eigenvalue weighted by Gasteiger charge is 2.31. The number of hydrogen-bond acceptors (Lipinski definition) is 3. The maximum absolute atomic E-state index is 12.8. The summed E-state index contributed by atoms with van der Waals surface area (Å²) in [6.45, 7) is 1.78. The minimum atomic E-state index is 0.174. The molecule has 3 fully saturated rings. The normalized spacial score (nSPS) is 28.7. The topological polar surface area (TPSA) is 61.4 Å². The molecule has 1 saturated heterocycles. The second kappa shape index (κ2) is 9.72. The van der Waals surface area contributed by atoms with Gasteiger partial charge in [-0.25, -0.2) is 0 Å². The Balaban J connectivity index is 1.35. The first kappa shape index (κ1) is 19.7. The summed E-state index contributed by atoms with van der Waals surface area (Å²) in [4.78, 5) is 27.1. The molecule has 0 aromatic heterocycles. The van der Waals surface area contributed by atoms with E-state index in [2.05, 4.69) is 15.5 Å². The third kappa shape index (κ3) is 5.45. The van der Waals surface area contributed by atoms with Gasteiger partial charge in [0, 0.05) is 37.5 Å². The Morgan fingerprint density at radius 3 is 2.12 bits per heavy atom. The number of amides is 2. The van der Waals surface area contributed by atoms with Gasteiger partial charge in [-0.3, -0.25) is 9.59 Å². The summed E-state index contributed by atoms with van der Waals surface area (Å²) in [7, 11) is 2.01. The van der Waals surface area contributed by atoms with Crippen LogP contribution in [0.3, 0.4) is 0 Å². The van der Waals surface area contributed by atoms with Crippen molar-refractivity contribution >= 4 is 11.8 Å².